The smallest absolute Gasteiger partial charge is 0.293 e. The molecule has 2 bridgehead atoms. The van der Waals surface area contributed by atoms with Gasteiger partial charge >= 0.3 is 0 Å². The number of fused-ring (bicyclic) bond motifs is 5. The first kappa shape index (κ1) is 8.33. The maximum Gasteiger partial charge on any atom is 0.293 e. The molecule has 3 nitrogen and oxygen atoms in total. The predicted molar refractivity (Wildman–Crippen MR) is 49.3 cm³/mol. The van der Waals surface area contributed by atoms with Crippen LogP contribution in [0.5, 0.6) is 0 Å². The zero-order chi connectivity index (χ0) is 9.54. The summed E-state index contributed by atoms with van der Waals surface area (Å²) in [6, 6.07) is 0. The summed E-state index contributed by atoms with van der Waals surface area (Å²) in [5, 5.41) is 0. The Bertz CT molecular complexity index is 274. The highest BCUT2D eigenvalue weighted by Crippen LogP contribution is 2.53. The van der Waals surface area contributed by atoms with E-state index in [4.69, 9.17) is 9.47 Å². The summed E-state index contributed by atoms with van der Waals surface area (Å²) in [5.74, 6) is 1.83. The molecule has 5 unspecified atom stereocenters. The molecule has 76 valence electrons. The molecule has 1 aliphatic heterocycles. The average molecular weight is 194 g/mol. The molecule has 2 aliphatic carbocycles. The Balaban J connectivity index is 1.79. The van der Waals surface area contributed by atoms with E-state index in [0.717, 1.165) is 12.8 Å². The summed E-state index contributed by atoms with van der Waals surface area (Å²) < 4.78 is 10.7. The third-order valence-corrected chi connectivity index (χ3v) is 4.01. The van der Waals surface area contributed by atoms with E-state index in [1.54, 1.807) is 6.26 Å². The Hall–Kier alpha value is -0.990. The van der Waals surface area contributed by atoms with Gasteiger partial charge in [0.1, 0.15) is 12.2 Å². The molecule has 0 aromatic heterocycles. The van der Waals surface area contributed by atoms with Crippen molar-refractivity contribution in [1.29, 1.82) is 0 Å². The van der Waals surface area contributed by atoms with Gasteiger partial charge in [0.15, 0.2) is 0 Å². The molecule has 2 fully saturated rings. The second-order valence-electron chi connectivity index (χ2n) is 4.54. The molecule has 0 spiro atoms. The molecule has 2 saturated carbocycles. The lowest BCUT2D eigenvalue weighted by molar-refractivity contribution is -0.140. The fraction of sp³-hybridized carbons (Fsp3) is 0.727. The Morgan fingerprint density at radius 3 is 3.14 bits per heavy atom. The number of carbonyl (C=O) groups is 1. The summed E-state index contributed by atoms with van der Waals surface area (Å²) in [5.41, 5.74) is 0. The van der Waals surface area contributed by atoms with Crippen LogP contribution in [0.15, 0.2) is 12.3 Å². The highest BCUT2D eigenvalue weighted by atomic mass is 16.5. The van der Waals surface area contributed by atoms with E-state index in [1.165, 1.54) is 6.42 Å². The van der Waals surface area contributed by atoms with Crippen molar-refractivity contribution in [3.8, 4) is 0 Å². The maximum atomic E-state index is 10.3. The van der Waals surface area contributed by atoms with Crippen molar-refractivity contribution in [3.63, 3.8) is 0 Å². The molecule has 0 N–H and O–H groups in total. The lowest BCUT2D eigenvalue weighted by Crippen LogP contribution is -2.38. The van der Waals surface area contributed by atoms with E-state index < -0.39 is 0 Å². The standard InChI is InChI=1S/C11H14O3/c12-6-14-10-5-7-4-9(10)11-8(7)2-1-3-13-11/h1,3,6-11H,2,4-5H2. The highest BCUT2D eigenvalue weighted by Gasteiger charge is 2.54. The third-order valence-electron chi connectivity index (χ3n) is 4.01. The van der Waals surface area contributed by atoms with Gasteiger partial charge in [-0.3, -0.25) is 4.79 Å². The Morgan fingerprint density at radius 1 is 1.36 bits per heavy atom. The number of rotatable bonds is 2. The largest absolute Gasteiger partial charge is 0.498 e. The van der Waals surface area contributed by atoms with Crippen LogP contribution in [0, 0.1) is 17.8 Å². The first-order valence-electron chi connectivity index (χ1n) is 5.29. The van der Waals surface area contributed by atoms with Crippen LogP contribution in [0.25, 0.3) is 0 Å². The summed E-state index contributed by atoms with van der Waals surface area (Å²) >= 11 is 0. The van der Waals surface area contributed by atoms with Gasteiger partial charge in [-0.2, -0.15) is 0 Å². The molecule has 3 heteroatoms. The predicted octanol–water partition coefficient (Wildman–Crippen LogP) is 1.49. The Labute approximate surface area is 83.1 Å². The minimum Gasteiger partial charge on any atom is -0.498 e. The van der Waals surface area contributed by atoms with Crippen LogP contribution < -0.4 is 0 Å². The van der Waals surface area contributed by atoms with Crippen LogP contribution in [0.3, 0.4) is 0 Å². The molecule has 0 saturated heterocycles. The van der Waals surface area contributed by atoms with Crippen LogP contribution in [0.2, 0.25) is 0 Å². The Kier molecular flexibility index (Phi) is 1.79. The quantitative estimate of drug-likeness (QED) is 0.625. The van der Waals surface area contributed by atoms with Gasteiger partial charge in [-0.1, -0.05) is 0 Å². The van der Waals surface area contributed by atoms with Gasteiger partial charge in [-0.15, -0.1) is 0 Å². The zero-order valence-corrected chi connectivity index (χ0v) is 7.96. The average Bonchev–Trinajstić information content (AvgIpc) is 2.77. The first-order chi connectivity index (χ1) is 6.90. The molecule has 5 atom stereocenters. The van der Waals surface area contributed by atoms with Gasteiger partial charge < -0.3 is 9.47 Å². The van der Waals surface area contributed by atoms with E-state index in [1.807, 2.05) is 0 Å². The van der Waals surface area contributed by atoms with E-state index in [2.05, 4.69) is 6.08 Å². The van der Waals surface area contributed by atoms with Crippen molar-refractivity contribution in [2.75, 3.05) is 0 Å². The van der Waals surface area contributed by atoms with Crippen LogP contribution in [-0.2, 0) is 14.3 Å². The topological polar surface area (TPSA) is 35.5 Å². The molecule has 0 aromatic carbocycles. The maximum absolute atomic E-state index is 10.3. The number of ether oxygens (including phenoxy) is 2. The van der Waals surface area contributed by atoms with Crippen molar-refractivity contribution in [1.82, 2.24) is 0 Å². The monoisotopic (exact) mass is 194 g/mol. The van der Waals surface area contributed by atoms with E-state index in [9.17, 15) is 4.79 Å². The van der Waals surface area contributed by atoms with Gasteiger partial charge in [0.05, 0.1) is 6.26 Å². The van der Waals surface area contributed by atoms with E-state index >= 15 is 0 Å². The van der Waals surface area contributed by atoms with Crippen LogP contribution in [0.1, 0.15) is 19.3 Å². The first-order valence-corrected chi connectivity index (χ1v) is 5.29. The molecular weight excluding hydrogens is 180 g/mol. The van der Waals surface area contributed by atoms with E-state index in [-0.39, 0.29) is 6.10 Å². The molecule has 0 aromatic rings. The summed E-state index contributed by atoms with van der Waals surface area (Å²) in [4.78, 5) is 10.3. The minimum atomic E-state index is 0.116. The van der Waals surface area contributed by atoms with Crippen LogP contribution in [-0.4, -0.2) is 18.7 Å². The number of hydrogen-bond donors (Lipinski definition) is 0. The van der Waals surface area contributed by atoms with Gasteiger partial charge in [-0.05, 0) is 31.3 Å². The molecular formula is C11H14O3. The molecule has 14 heavy (non-hydrogen) atoms. The minimum absolute atomic E-state index is 0.116. The van der Waals surface area contributed by atoms with Crippen molar-refractivity contribution >= 4 is 6.47 Å². The molecule has 0 radical (unpaired) electrons. The second kappa shape index (κ2) is 3.01. The third kappa shape index (κ3) is 1.01. The fourth-order valence-corrected chi connectivity index (χ4v) is 3.47. The number of allylic oxidation sites excluding steroid dienone is 1. The molecule has 3 aliphatic rings. The van der Waals surface area contributed by atoms with Crippen molar-refractivity contribution in [3.05, 3.63) is 12.3 Å². The van der Waals surface area contributed by atoms with E-state index in [0.29, 0.717) is 30.3 Å². The molecule has 0 amide bonds. The van der Waals surface area contributed by atoms with Crippen molar-refractivity contribution < 1.29 is 14.3 Å². The molecule has 1 heterocycles. The van der Waals surface area contributed by atoms with Gasteiger partial charge in [-0.25, -0.2) is 0 Å². The Morgan fingerprint density at radius 2 is 2.29 bits per heavy atom. The zero-order valence-electron chi connectivity index (χ0n) is 7.96. The van der Waals surface area contributed by atoms with Gasteiger partial charge in [0, 0.05) is 11.8 Å². The van der Waals surface area contributed by atoms with Crippen LogP contribution >= 0.6 is 0 Å². The fourth-order valence-electron chi connectivity index (χ4n) is 3.47. The molecule has 3 rings (SSSR count). The SMILES string of the molecule is O=COC1CC2CC1C1OC=CCC21. The highest BCUT2D eigenvalue weighted by molar-refractivity contribution is 5.38. The summed E-state index contributed by atoms with van der Waals surface area (Å²) in [7, 11) is 0. The van der Waals surface area contributed by atoms with Crippen molar-refractivity contribution in [2.45, 2.75) is 31.5 Å². The lowest BCUT2D eigenvalue weighted by atomic mass is 9.82. The van der Waals surface area contributed by atoms with Crippen molar-refractivity contribution in [2.24, 2.45) is 17.8 Å². The summed E-state index contributed by atoms with van der Waals surface area (Å²) in [6.45, 7) is 0.582. The lowest BCUT2D eigenvalue weighted by Gasteiger charge is -2.35. The van der Waals surface area contributed by atoms with Gasteiger partial charge in [0.25, 0.3) is 6.47 Å². The van der Waals surface area contributed by atoms with Crippen LogP contribution in [0.4, 0.5) is 0 Å². The summed E-state index contributed by atoms with van der Waals surface area (Å²) in [6.07, 6.45) is 7.70. The number of hydrogen-bond acceptors (Lipinski definition) is 3. The second-order valence-corrected chi connectivity index (χ2v) is 4.54. The normalized spacial score (nSPS) is 48.4. The number of carbonyl (C=O) groups excluding carboxylic acids is 1. The van der Waals surface area contributed by atoms with Gasteiger partial charge in [0.2, 0.25) is 0 Å².